The standard InChI is InChI=1S/C16H23N3O2/c1-2-7-13(17)15(20)18-14-9-4-3-8-12(14)16(21)19-10-5-6-11-19/h3-4,8-9,13H,2,5-7,10-11,17H2,1H3,(H,18,20). The second kappa shape index (κ2) is 7.22. The maximum absolute atomic E-state index is 12.5. The molecule has 0 saturated carbocycles. The molecule has 0 radical (unpaired) electrons. The zero-order chi connectivity index (χ0) is 15.2. The molecule has 1 heterocycles. The van der Waals surface area contributed by atoms with Crippen LogP contribution in [-0.4, -0.2) is 35.8 Å². The number of para-hydroxylation sites is 1. The minimum atomic E-state index is -0.537. The summed E-state index contributed by atoms with van der Waals surface area (Å²) >= 11 is 0. The molecule has 1 atom stereocenters. The van der Waals surface area contributed by atoms with E-state index in [9.17, 15) is 9.59 Å². The summed E-state index contributed by atoms with van der Waals surface area (Å²) in [5.41, 5.74) is 6.90. The Labute approximate surface area is 125 Å². The molecule has 5 heteroatoms. The summed E-state index contributed by atoms with van der Waals surface area (Å²) in [6.07, 6.45) is 3.57. The SMILES string of the molecule is CCCC(N)C(=O)Nc1ccccc1C(=O)N1CCCC1. The quantitative estimate of drug-likeness (QED) is 0.870. The molecule has 1 unspecified atom stereocenters. The van der Waals surface area contributed by atoms with E-state index in [1.165, 1.54) is 0 Å². The molecule has 0 spiro atoms. The van der Waals surface area contributed by atoms with Crippen LogP contribution in [0.5, 0.6) is 0 Å². The van der Waals surface area contributed by atoms with Gasteiger partial charge in [0, 0.05) is 13.1 Å². The first-order valence-corrected chi connectivity index (χ1v) is 7.58. The van der Waals surface area contributed by atoms with Crippen LogP contribution in [0.1, 0.15) is 43.0 Å². The highest BCUT2D eigenvalue weighted by molar-refractivity contribution is 6.04. The number of nitrogens with one attached hydrogen (secondary N) is 1. The lowest BCUT2D eigenvalue weighted by Gasteiger charge is -2.19. The number of hydrogen-bond acceptors (Lipinski definition) is 3. The van der Waals surface area contributed by atoms with Crippen molar-refractivity contribution in [1.29, 1.82) is 0 Å². The van der Waals surface area contributed by atoms with Crippen molar-refractivity contribution in [2.75, 3.05) is 18.4 Å². The highest BCUT2D eigenvalue weighted by atomic mass is 16.2. The Bertz CT molecular complexity index is 510. The molecule has 1 fully saturated rings. The number of anilines is 1. The summed E-state index contributed by atoms with van der Waals surface area (Å²) in [5, 5.41) is 2.79. The fraction of sp³-hybridized carbons (Fsp3) is 0.500. The highest BCUT2D eigenvalue weighted by Crippen LogP contribution is 2.20. The smallest absolute Gasteiger partial charge is 0.255 e. The van der Waals surface area contributed by atoms with E-state index in [-0.39, 0.29) is 11.8 Å². The second-order valence-electron chi connectivity index (χ2n) is 5.43. The van der Waals surface area contributed by atoms with Crippen LogP contribution >= 0.6 is 0 Å². The first-order chi connectivity index (χ1) is 10.1. The summed E-state index contributed by atoms with van der Waals surface area (Å²) in [4.78, 5) is 26.4. The summed E-state index contributed by atoms with van der Waals surface area (Å²) in [5.74, 6) is -0.258. The maximum atomic E-state index is 12.5. The van der Waals surface area contributed by atoms with Crippen molar-refractivity contribution in [3.05, 3.63) is 29.8 Å². The van der Waals surface area contributed by atoms with Crippen molar-refractivity contribution in [3.8, 4) is 0 Å². The molecular formula is C16H23N3O2. The van der Waals surface area contributed by atoms with E-state index in [1.807, 2.05) is 24.0 Å². The van der Waals surface area contributed by atoms with Crippen molar-refractivity contribution in [3.63, 3.8) is 0 Å². The fourth-order valence-corrected chi connectivity index (χ4v) is 2.54. The Kier molecular flexibility index (Phi) is 5.33. The predicted molar refractivity (Wildman–Crippen MR) is 83.1 cm³/mol. The normalized spacial score (nSPS) is 15.8. The zero-order valence-corrected chi connectivity index (χ0v) is 12.5. The summed E-state index contributed by atoms with van der Waals surface area (Å²) < 4.78 is 0. The van der Waals surface area contributed by atoms with E-state index in [0.717, 1.165) is 32.4 Å². The first-order valence-electron chi connectivity index (χ1n) is 7.58. The molecule has 114 valence electrons. The van der Waals surface area contributed by atoms with Crippen LogP contribution in [0, 0.1) is 0 Å². The van der Waals surface area contributed by atoms with Crippen molar-refractivity contribution < 1.29 is 9.59 Å². The van der Waals surface area contributed by atoms with Crippen LogP contribution in [0.25, 0.3) is 0 Å². The van der Waals surface area contributed by atoms with Gasteiger partial charge in [0.25, 0.3) is 5.91 Å². The van der Waals surface area contributed by atoms with E-state index >= 15 is 0 Å². The maximum Gasteiger partial charge on any atom is 0.255 e. The lowest BCUT2D eigenvalue weighted by molar-refractivity contribution is -0.117. The van der Waals surface area contributed by atoms with E-state index in [0.29, 0.717) is 17.7 Å². The van der Waals surface area contributed by atoms with Crippen molar-refractivity contribution in [1.82, 2.24) is 4.90 Å². The van der Waals surface area contributed by atoms with Crippen LogP contribution in [-0.2, 0) is 4.79 Å². The molecule has 1 aliphatic heterocycles. The van der Waals surface area contributed by atoms with Gasteiger partial charge in [0.05, 0.1) is 17.3 Å². The van der Waals surface area contributed by atoms with E-state index in [4.69, 9.17) is 5.73 Å². The molecule has 21 heavy (non-hydrogen) atoms. The van der Waals surface area contributed by atoms with Gasteiger partial charge in [-0.05, 0) is 31.4 Å². The topological polar surface area (TPSA) is 75.4 Å². The Morgan fingerprint density at radius 2 is 1.95 bits per heavy atom. The van der Waals surface area contributed by atoms with Gasteiger partial charge in [-0.1, -0.05) is 25.5 Å². The van der Waals surface area contributed by atoms with Gasteiger partial charge in [-0.3, -0.25) is 9.59 Å². The number of nitrogens with two attached hydrogens (primary N) is 1. The number of amides is 2. The predicted octanol–water partition coefficient (Wildman–Crippen LogP) is 1.99. The minimum Gasteiger partial charge on any atom is -0.339 e. The van der Waals surface area contributed by atoms with Crippen LogP contribution in [0.2, 0.25) is 0 Å². The number of carbonyl (C=O) groups is 2. The number of carbonyl (C=O) groups excluding carboxylic acids is 2. The molecule has 0 aliphatic carbocycles. The molecule has 0 bridgehead atoms. The lowest BCUT2D eigenvalue weighted by Crippen LogP contribution is -2.36. The largest absolute Gasteiger partial charge is 0.339 e. The van der Waals surface area contributed by atoms with Gasteiger partial charge in [0.15, 0.2) is 0 Å². The Morgan fingerprint density at radius 1 is 1.29 bits per heavy atom. The number of nitrogens with zero attached hydrogens (tertiary/aromatic N) is 1. The van der Waals surface area contributed by atoms with Gasteiger partial charge in [-0.2, -0.15) is 0 Å². The highest BCUT2D eigenvalue weighted by Gasteiger charge is 2.23. The third-order valence-corrected chi connectivity index (χ3v) is 3.75. The molecule has 2 amide bonds. The molecule has 1 aromatic rings. The molecular weight excluding hydrogens is 266 g/mol. The Morgan fingerprint density at radius 3 is 2.62 bits per heavy atom. The van der Waals surface area contributed by atoms with Crippen LogP contribution in [0.3, 0.4) is 0 Å². The molecule has 0 aromatic heterocycles. The van der Waals surface area contributed by atoms with Crippen LogP contribution < -0.4 is 11.1 Å². The summed E-state index contributed by atoms with van der Waals surface area (Å²) in [7, 11) is 0. The second-order valence-corrected chi connectivity index (χ2v) is 5.43. The molecule has 3 N–H and O–H groups in total. The van der Waals surface area contributed by atoms with Gasteiger partial charge in [0.2, 0.25) is 5.91 Å². The van der Waals surface area contributed by atoms with Crippen LogP contribution in [0.15, 0.2) is 24.3 Å². The van der Waals surface area contributed by atoms with Gasteiger partial charge in [-0.25, -0.2) is 0 Å². The van der Waals surface area contributed by atoms with E-state index in [1.54, 1.807) is 12.1 Å². The third-order valence-electron chi connectivity index (χ3n) is 3.75. The number of rotatable bonds is 5. The monoisotopic (exact) mass is 289 g/mol. The van der Waals surface area contributed by atoms with Gasteiger partial charge < -0.3 is 16.0 Å². The molecule has 1 aromatic carbocycles. The zero-order valence-electron chi connectivity index (χ0n) is 12.5. The van der Waals surface area contributed by atoms with Gasteiger partial charge >= 0.3 is 0 Å². The third kappa shape index (κ3) is 3.82. The molecule has 1 aliphatic rings. The minimum absolute atomic E-state index is 0.0209. The van der Waals surface area contributed by atoms with Crippen LogP contribution in [0.4, 0.5) is 5.69 Å². The Balaban J connectivity index is 2.13. The lowest BCUT2D eigenvalue weighted by atomic mass is 10.1. The summed E-state index contributed by atoms with van der Waals surface area (Å²) in [6, 6.07) is 6.58. The molecule has 2 rings (SSSR count). The molecule has 5 nitrogen and oxygen atoms in total. The fourth-order valence-electron chi connectivity index (χ4n) is 2.54. The van der Waals surface area contributed by atoms with Crippen molar-refractivity contribution in [2.24, 2.45) is 5.73 Å². The van der Waals surface area contributed by atoms with E-state index in [2.05, 4.69) is 5.32 Å². The van der Waals surface area contributed by atoms with Crippen molar-refractivity contribution in [2.45, 2.75) is 38.6 Å². The van der Waals surface area contributed by atoms with Gasteiger partial charge in [0.1, 0.15) is 0 Å². The van der Waals surface area contributed by atoms with Gasteiger partial charge in [-0.15, -0.1) is 0 Å². The average Bonchev–Trinajstić information content (AvgIpc) is 3.01. The average molecular weight is 289 g/mol. The first kappa shape index (κ1) is 15.5. The Hall–Kier alpha value is -1.88. The molecule has 1 saturated heterocycles. The number of likely N-dealkylation sites (tertiary alicyclic amines) is 1. The number of benzene rings is 1. The summed E-state index contributed by atoms with van der Waals surface area (Å²) in [6.45, 7) is 3.56. The van der Waals surface area contributed by atoms with Crippen molar-refractivity contribution >= 4 is 17.5 Å². The number of hydrogen-bond donors (Lipinski definition) is 2. The van der Waals surface area contributed by atoms with E-state index < -0.39 is 6.04 Å².